The lowest BCUT2D eigenvalue weighted by Gasteiger charge is -2.27. The van der Waals surface area contributed by atoms with Crippen LogP contribution in [0, 0.1) is 0 Å². The van der Waals surface area contributed by atoms with E-state index in [0.29, 0.717) is 17.7 Å². The number of halogens is 1. The van der Waals surface area contributed by atoms with Gasteiger partial charge in [-0.15, -0.1) is 0 Å². The van der Waals surface area contributed by atoms with E-state index in [9.17, 15) is 4.79 Å². The quantitative estimate of drug-likeness (QED) is 0.902. The molecule has 1 saturated heterocycles. The van der Waals surface area contributed by atoms with Crippen molar-refractivity contribution in [3.8, 4) is 0 Å². The van der Waals surface area contributed by atoms with Crippen LogP contribution in [-0.2, 0) is 4.74 Å². The van der Waals surface area contributed by atoms with Gasteiger partial charge in [-0.25, -0.2) is 4.79 Å². The van der Waals surface area contributed by atoms with Gasteiger partial charge in [0.2, 0.25) is 0 Å². The fraction of sp³-hybridized carbons (Fsp3) is 0.533. The van der Waals surface area contributed by atoms with E-state index in [1.807, 2.05) is 43.1 Å². The molecule has 0 bridgehead atoms. The van der Waals surface area contributed by atoms with Crippen LogP contribution in [-0.4, -0.2) is 49.2 Å². The van der Waals surface area contributed by atoms with Gasteiger partial charge in [-0.05, 0) is 29.9 Å². The number of rotatable bonds is 5. The molecule has 116 valence electrons. The Kier molecular flexibility index (Phi) is 6.21. The van der Waals surface area contributed by atoms with Crippen LogP contribution >= 0.6 is 23.4 Å². The fourth-order valence-corrected chi connectivity index (χ4v) is 3.72. The van der Waals surface area contributed by atoms with Crippen molar-refractivity contribution in [3.63, 3.8) is 0 Å². The van der Waals surface area contributed by atoms with Crippen LogP contribution < -0.4 is 5.32 Å². The number of amides is 2. The minimum absolute atomic E-state index is 0.0560. The molecule has 1 N–H and O–H groups in total. The number of nitrogens with one attached hydrogen (secondary N) is 1. The molecule has 21 heavy (non-hydrogen) atoms. The average Bonchev–Trinajstić information content (AvgIpc) is 3.01. The zero-order valence-electron chi connectivity index (χ0n) is 12.3. The molecule has 1 aromatic carbocycles. The first-order valence-electron chi connectivity index (χ1n) is 6.97. The number of nitrogens with zero attached hydrogens (tertiary/aromatic N) is 1. The van der Waals surface area contributed by atoms with Crippen molar-refractivity contribution in [2.24, 2.45) is 0 Å². The minimum Gasteiger partial charge on any atom is -0.382 e. The van der Waals surface area contributed by atoms with Crippen molar-refractivity contribution < 1.29 is 9.53 Å². The van der Waals surface area contributed by atoms with E-state index >= 15 is 0 Å². The number of methoxy groups -OCH3 is 1. The summed E-state index contributed by atoms with van der Waals surface area (Å²) >= 11 is 7.80. The van der Waals surface area contributed by atoms with Gasteiger partial charge in [0.15, 0.2) is 0 Å². The second kappa shape index (κ2) is 7.92. The Bertz CT molecular complexity index is 463. The third-order valence-electron chi connectivity index (χ3n) is 3.68. The Hall–Kier alpha value is -0.910. The maximum Gasteiger partial charge on any atom is 0.317 e. The third-order valence-corrected chi connectivity index (χ3v) is 5.07. The molecule has 6 heteroatoms. The monoisotopic (exact) mass is 328 g/mol. The van der Waals surface area contributed by atoms with E-state index in [1.54, 1.807) is 12.0 Å². The van der Waals surface area contributed by atoms with Crippen LogP contribution in [0.3, 0.4) is 0 Å². The predicted octanol–water partition coefficient (Wildman–Crippen LogP) is 3.17. The first kappa shape index (κ1) is 16.5. The molecule has 4 nitrogen and oxygen atoms in total. The standard InChI is InChI=1S/C15H21ClN2O2S/c1-18(13-7-8-21-10-13)15(19)17-14(9-20-2)11-3-5-12(16)6-4-11/h3-6,13-14H,7-10H2,1-2H3,(H,17,19)/t13-,14+/m0/s1. The predicted molar refractivity (Wildman–Crippen MR) is 88.1 cm³/mol. The molecule has 1 aliphatic heterocycles. The van der Waals surface area contributed by atoms with Gasteiger partial charge in [0.25, 0.3) is 0 Å². The van der Waals surface area contributed by atoms with E-state index in [1.165, 1.54) is 0 Å². The van der Waals surface area contributed by atoms with Crippen molar-refractivity contribution in [1.82, 2.24) is 10.2 Å². The Labute approximate surface area is 135 Å². The van der Waals surface area contributed by atoms with Crippen molar-refractivity contribution in [3.05, 3.63) is 34.9 Å². The van der Waals surface area contributed by atoms with Gasteiger partial charge >= 0.3 is 6.03 Å². The SMILES string of the molecule is COC[C@@H](NC(=O)N(C)[C@H]1CCSC1)c1ccc(Cl)cc1. The molecule has 2 atom stereocenters. The van der Waals surface area contributed by atoms with Crippen LogP contribution in [0.2, 0.25) is 5.02 Å². The fourth-order valence-electron chi connectivity index (χ4n) is 2.33. The molecule has 1 heterocycles. The highest BCUT2D eigenvalue weighted by molar-refractivity contribution is 7.99. The van der Waals surface area contributed by atoms with Gasteiger partial charge in [-0.1, -0.05) is 23.7 Å². The summed E-state index contributed by atoms with van der Waals surface area (Å²) in [7, 11) is 3.49. The smallest absolute Gasteiger partial charge is 0.317 e. The molecular weight excluding hydrogens is 308 g/mol. The third kappa shape index (κ3) is 4.53. The van der Waals surface area contributed by atoms with E-state index in [-0.39, 0.29) is 12.1 Å². The molecule has 0 unspecified atom stereocenters. The maximum absolute atomic E-state index is 12.4. The van der Waals surface area contributed by atoms with Gasteiger partial charge in [0.05, 0.1) is 12.6 Å². The molecule has 0 spiro atoms. The van der Waals surface area contributed by atoms with Gasteiger partial charge in [-0.3, -0.25) is 0 Å². The number of hydrogen-bond acceptors (Lipinski definition) is 3. The number of carbonyl (C=O) groups excluding carboxylic acids is 1. The Morgan fingerprint density at radius 2 is 2.24 bits per heavy atom. The second-order valence-corrected chi connectivity index (χ2v) is 6.72. The minimum atomic E-state index is -0.170. The number of benzene rings is 1. The normalized spacial score (nSPS) is 19.3. The van der Waals surface area contributed by atoms with E-state index in [4.69, 9.17) is 16.3 Å². The van der Waals surface area contributed by atoms with Crippen LogP contribution in [0.15, 0.2) is 24.3 Å². The summed E-state index contributed by atoms with van der Waals surface area (Å²) < 4.78 is 5.22. The van der Waals surface area contributed by atoms with Gasteiger partial charge in [0, 0.05) is 31.0 Å². The van der Waals surface area contributed by atoms with E-state index in [0.717, 1.165) is 23.5 Å². The van der Waals surface area contributed by atoms with Crippen molar-refractivity contribution >= 4 is 29.4 Å². The number of urea groups is 1. The highest BCUT2D eigenvalue weighted by Gasteiger charge is 2.25. The topological polar surface area (TPSA) is 41.6 Å². The Morgan fingerprint density at radius 3 is 2.81 bits per heavy atom. The molecule has 0 aromatic heterocycles. The van der Waals surface area contributed by atoms with E-state index < -0.39 is 0 Å². The first-order valence-corrected chi connectivity index (χ1v) is 8.50. The van der Waals surface area contributed by atoms with Gasteiger partial charge < -0.3 is 15.0 Å². The summed E-state index contributed by atoms with van der Waals surface area (Å²) in [5.74, 6) is 2.14. The zero-order chi connectivity index (χ0) is 15.2. The molecule has 1 aliphatic rings. The lowest BCUT2D eigenvalue weighted by Crippen LogP contribution is -2.45. The summed E-state index contributed by atoms with van der Waals surface area (Å²) in [6, 6.07) is 7.57. The Balaban J connectivity index is 2.01. The van der Waals surface area contributed by atoms with Crippen LogP contribution in [0.25, 0.3) is 0 Å². The molecule has 2 amide bonds. The summed E-state index contributed by atoms with van der Waals surface area (Å²) in [4.78, 5) is 14.2. The maximum atomic E-state index is 12.4. The summed E-state index contributed by atoms with van der Waals surface area (Å²) in [6.07, 6.45) is 1.06. The highest BCUT2D eigenvalue weighted by Crippen LogP contribution is 2.22. The van der Waals surface area contributed by atoms with Crippen LogP contribution in [0.5, 0.6) is 0 Å². The molecule has 0 saturated carbocycles. The summed E-state index contributed by atoms with van der Waals surface area (Å²) in [5, 5.41) is 3.72. The zero-order valence-corrected chi connectivity index (χ0v) is 13.9. The van der Waals surface area contributed by atoms with Crippen LogP contribution in [0.1, 0.15) is 18.0 Å². The van der Waals surface area contributed by atoms with Gasteiger partial charge in [0.1, 0.15) is 0 Å². The molecule has 0 aliphatic carbocycles. The molecule has 1 fully saturated rings. The average molecular weight is 329 g/mol. The highest BCUT2D eigenvalue weighted by atomic mass is 35.5. The van der Waals surface area contributed by atoms with Crippen LogP contribution in [0.4, 0.5) is 4.79 Å². The number of thioether (sulfide) groups is 1. The largest absolute Gasteiger partial charge is 0.382 e. The van der Waals surface area contributed by atoms with Crippen molar-refractivity contribution in [2.75, 3.05) is 32.3 Å². The van der Waals surface area contributed by atoms with Crippen molar-refractivity contribution in [1.29, 1.82) is 0 Å². The van der Waals surface area contributed by atoms with Crippen molar-refractivity contribution in [2.45, 2.75) is 18.5 Å². The number of ether oxygens (including phenoxy) is 1. The molecular formula is C15H21ClN2O2S. The number of hydrogen-bond donors (Lipinski definition) is 1. The summed E-state index contributed by atoms with van der Waals surface area (Å²) in [6.45, 7) is 0.431. The lowest BCUT2D eigenvalue weighted by atomic mass is 10.1. The molecule has 0 radical (unpaired) electrons. The molecule has 2 rings (SSSR count). The lowest BCUT2D eigenvalue weighted by molar-refractivity contribution is 0.154. The first-order chi connectivity index (χ1) is 10.1. The molecule has 1 aromatic rings. The summed E-state index contributed by atoms with van der Waals surface area (Å²) in [5.41, 5.74) is 0.990. The number of carbonyl (C=O) groups is 1. The van der Waals surface area contributed by atoms with Gasteiger partial charge in [-0.2, -0.15) is 11.8 Å². The Morgan fingerprint density at radius 1 is 1.52 bits per heavy atom. The van der Waals surface area contributed by atoms with E-state index in [2.05, 4.69) is 5.32 Å². The second-order valence-electron chi connectivity index (χ2n) is 5.14.